The third-order valence-electron chi connectivity index (χ3n) is 3.18. The van der Waals surface area contributed by atoms with Crippen LogP contribution in [0.15, 0.2) is 29.2 Å². The molecule has 1 aliphatic carbocycles. The van der Waals surface area contributed by atoms with Crippen LogP contribution in [0.1, 0.15) is 37.8 Å². The highest BCUT2D eigenvalue weighted by molar-refractivity contribution is 7.98. The van der Waals surface area contributed by atoms with E-state index in [-0.39, 0.29) is 0 Å². The van der Waals surface area contributed by atoms with Gasteiger partial charge in [-0.15, -0.1) is 11.8 Å². The predicted molar refractivity (Wildman–Crippen MR) is 72.0 cm³/mol. The molecule has 1 atom stereocenters. The van der Waals surface area contributed by atoms with E-state index in [0.717, 1.165) is 12.5 Å². The van der Waals surface area contributed by atoms with Crippen molar-refractivity contribution in [3.05, 3.63) is 29.8 Å². The summed E-state index contributed by atoms with van der Waals surface area (Å²) in [6.07, 6.45) is 6.17. The molecule has 0 aliphatic heterocycles. The van der Waals surface area contributed by atoms with Gasteiger partial charge in [-0.3, -0.25) is 0 Å². The standard InChI is InChI=1S/C14H21NS/c1-3-10-15-14(11-8-9-11)12-6-4-5-7-13(12)16-2/h4-7,11,14-15H,3,8-10H2,1-2H3. The molecule has 0 radical (unpaired) electrons. The van der Waals surface area contributed by atoms with Gasteiger partial charge in [-0.1, -0.05) is 25.1 Å². The summed E-state index contributed by atoms with van der Waals surface area (Å²) in [5.74, 6) is 0.875. The molecule has 0 spiro atoms. The average Bonchev–Trinajstić information content (AvgIpc) is 3.14. The number of nitrogens with one attached hydrogen (secondary N) is 1. The summed E-state index contributed by atoms with van der Waals surface area (Å²) in [6.45, 7) is 3.36. The highest BCUT2D eigenvalue weighted by Crippen LogP contribution is 2.43. The molecule has 1 aromatic carbocycles. The Bertz CT molecular complexity index is 333. The van der Waals surface area contributed by atoms with E-state index in [4.69, 9.17) is 0 Å². The van der Waals surface area contributed by atoms with Crippen LogP contribution in [-0.4, -0.2) is 12.8 Å². The number of hydrogen-bond donors (Lipinski definition) is 1. The van der Waals surface area contributed by atoms with Crippen LogP contribution in [0.5, 0.6) is 0 Å². The molecule has 0 saturated heterocycles. The molecule has 0 amide bonds. The molecule has 1 aromatic rings. The Balaban J connectivity index is 2.16. The first kappa shape index (κ1) is 12.0. The smallest absolute Gasteiger partial charge is 0.0359 e. The summed E-state index contributed by atoms with van der Waals surface area (Å²) in [5.41, 5.74) is 1.51. The minimum Gasteiger partial charge on any atom is -0.310 e. The lowest BCUT2D eigenvalue weighted by molar-refractivity contribution is 0.475. The third kappa shape index (κ3) is 2.80. The fourth-order valence-corrected chi connectivity index (χ4v) is 2.83. The van der Waals surface area contributed by atoms with Gasteiger partial charge in [0.15, 0.2) is 0 Å². The number of benzene rings is 1. The lowest BCUT2D eigenvalue weighted by Gasteiger charge is -2.20. The maximum Gasteiger partial charge on any atom is 0.0359 e. The van der Waals surface area contributed by atoms with Crippen molar-refractivity contribution in [1.82, 2.24) is 5.32 Å². The van der Waals surface area contributed by atoms with Gasteiger partial charge in [0.05, 0.1) is 0 Å². The van der Waals surface area contributed by atoms with E-state index in [2.05, 4.69) is 42.8 Å². The second-order valence-electron chi connectivity index (χ2n) is 4.51. The molecule has 0 heterocycles. The van der Waals surface area contributed by atoms with Crippen LogP contribution < -0.4 is 5.32 Å². The van der Waals surface area contributed by atoms with Gasteiger partial charge in [-0.05, 0) is 49.6 Å². The largest absolute Gasteiger partial charge is 0.310 e. The Morgan fingerprint density at radius 2 is 2.12 bits per heavy atom. The Labute approximate surface area is 103 Å². The Morgan fingerprint density at radius 1 is 1.38 bits per heavy atom. The quantitative estimate of drug-likeness (QED) is 0.751. The van der Waals surface area contributed by atoms with E-state index in [1.54, 1.807) is 0 Å². The van der Waals surface area contributed by atoms with Crippen molar-refractivity contribution in [2.45, 2.75) is 37.1 Å². The molecule has 1 N–H and O–H groups in total. The highest BCUT2D eigenvalue weighted by Gasteiger charge is 2.32. The zero-order valence-electron chi connectivity index (χ0n) is 10.2. The van der Waals surface area contributed by atoms with Gasteiger partial charge < -0.3 is 5.32 Å². The second-order valence-corrected chi connectivity index (χ2v) is 5.36. The van der Waals surface area contributed by atoms with Gasteiger partial charge in [0, 0.05) is 10.9 Å². The zero-order chi connectivity index (χ0) is 11.4. The van der Waals surface area contributed by atoms with Crippen molar-refractivity contribution in [2.24, 2.45) is 5.92 Å². The zero-order valence-corrected chi connectivity index (χ0v) is 11.0. The number of hydrogen-bond acceptors (Lipinski definition) is 2. The number of rotatable bonds is 6. The molecule has 2 rings (SSSR count). The summed E-state index contributed by atoms with van der Waals surface area (Å²) < 4.78 is 0. The van der Waals surface area contributed by atoms with Crippen LogP contribution in [0.2, 0.25) is 0 Å². The molecule has 1 aliphatic rings. The van der Waals surface area contributed by atoms with Crippen LogP contribution >= 0.6 is 11.8 Å². The minimum atomic E-state index is 0.587. The van der Waals surface area contributed by atoms with Crippen LogP contribution in [0.4, 0.5) is 0 Å². The maximum absolute atomic E-state index is 3.71. The van der Waals surface area contributed by atoms with Gasteiger partial charge in [0.2, 0.25) is 0 Å². The Hall–Kier alpha value is -0.470. The first-order chi connectivity index (χ1) is 7.86. The molecule has 16 heavy (non-hydrogen) atoms. The fraction of sp³-hybridized carbons (Fsp3) is 0.571. The van der Waals surface area contributed by atoms with E-state index in [1.807, 2.05) is 11.8 Å². The normalized spacial score (nSPS) is 17.4. The van der Waals surface area contributed by atoms with Crippen molar-refractivity contribution in [3.63, 3.8) is 0 Å². The molecule has 1 fully saturated rings. The van der Waals surface area contributed by atoms with E-state index < -0.39 is 0 Å². The lowest BCUT2D eigenvalue weighted by Crippen LogP contribution is -2.24. The average molecular weight is 235 g/mol. The SMILES string of the molecule is CCCNC(c1ccccc1SC)C1CC1. The van der Waals surface area contributed by atoms with Crippen LogP contribution in [0.3, 0.4) is 0 Å². The van der Waals surface area contributed by atoms with Gasteiger partial charge >= 0.3 is 0 Å². The monoisotopic (exact) mass is 235 g/mol. The first-order valence-electron chi connectivity index (χ1n) is 6.23. The molecule has 1 saturated carbocycles. The van der Waals surface area contributed by atoms with Crippen molar-refractivity contribution >= 4 is 11.8 Å². The molecular weight excluding hydrogens is 214 g/mol. The fourth-order valence-electron chi connectivity index (χ4n) is 2.18. The van der Waals surface area contributed by atoms with Crippen molar-refractivity contribution < 1.29 is 0 Å². The lowest BCUT2D eigenvalue weighted by atomic mass is 10.0. The van der Waals surface area contributed by atoms with Crippen molar-refractivity contribution in [2.75, 3.05) is 12.8 Å². The molecule has 2 heteroatoms. The molecule has 1 unspecified atom stereocenters. The summed E-state index contributed by atoms with van der Waals surface area (Å²) in [4.78, 5) is 1.43. The van der Waals surface area contributed by atoms with E-state index >= 15 is 0 Å². The van der Waals surface area contributed by atoms with E-state index in [1.165, 1.54) is 29.7 Å². The van der Waals surface area contributed by atoms with Crippen LogP contribution in [-0.2, 0) is 0 Å². The second kappa shape index (κ2) is 5.74. The van der Waals surface area contributed by atoms with Crippen molar-refractivity contribution in [1.29, 1.82) is 0 Å². The Kier molecular flexibility index (Phi) is 4.30. The summed E-state index contributed by atoms with van der Waals surface area (Å²) >= 11 is 1.86. The van der Waals surface area contributed by atoms with Gasteiger partial charge in [0.1, 0.15) is 0 Å². The predicted octanol–water partition coefficient (Wildman–Crippen LogP) is 3.86. The molecule has 0 bridgehead atoms. The maximum atomic E-state index is 3.71. The number of thioether (sulfide) groups is 1. The summed E-state index contributed by atoms with van der Waals surface area (Å²) in [7, 11) is 0. The molecule has 0 aromatic heterocycles. The van der Waals surface area contributed by atoms with E-state index in [9.17, 15) is 0 Å². The Morgan fingerprint density at radius 3 is 2.75 bits per heavy atom. The van der Waals surface area contributed by atoms with Gasteiger partial charge in [0.25, 0.3) is 0 Å². The topological polar surface area (TPSA) is 12.0 Å². The summed E-state index contributed by atoms with van der Waals surface area (Å²) in [6, 6.07) is 9.42. The first-order valence-corrected chi connectivity index (χ1v) is 7.45. The highest BCUT2D eigenvalue weighted by atomic mass is 32.2. The molecule has 88 valence electrons. The molecular formula is C14H21NS. The van der Waals surface area contributed by atoms with Crippen LogP contribution in [0, 0.1) is 5.92 Å². The minimum absolute atomic E-state index is 0.587. The van der Waals surface area contributed by atoms with Crippen molar-refractivity contribution in [3.8, 4) is 0 Å². The van der Waals surface area contributed by atoms with Gasteiger partial charge in [-0.25, -0.2) is 0 Å². The molecule has 1 nitrogen and oxygen atoms in total. The third-order valence-corrected chi connectivity index (χ3v) is 3.99. The van der Waals surface area contributed by atoms with Gasteiger partial charge in [-0.2, -0.15) is 0 Å². The summed E-state index contributed by atoms with van der Waals surface area (Å²) in [5, 5.41) is 3.71. The van der Waals surface area contributed by atoms with Crippen LogP contribution in [0.25, 0.3) is 0 Å². The van der Waals surface area contributed by atoms with E-state index in [0.29, 0.717) is 6.04 Å².